The minimum Gasteiger partial charge on any atom is -0.370 e. The van der Waals surface area contributed by atoms with Crippen LogP contribution in [0.15, 0.2) is 35.3 Å². The lowest BCUT2D eigenvalue weighted by Crippen LogP contribution is -2.56. The number of aliphatic imine (C=N–C) groups is 1. The fourth-order valence-electron chi connectivity index (χ4n) is 3.87. The van der Waals surface area contributed by atoms with Crippen LogP contribution in [-0.4, -0.2) is 48.5 Å². The lowest BCUT2D eigenvalue weighted by molar-refractivity contribution is 0.0378. The topological polar surface area (TPSA) is 44.9 Å². The molecular weight excluding hydrogens is 260 g/mol. The van der Waals surface area contributed by atoms with Gasteiger partial charge in [-0.2, -0.15) is 0 Å². The van der Waals surface area contributed by atoms with Crippen molar-refractivity contribution in [3.8, 4) is 0 Å². The maximum absolute atomic E-state index is 5.99. The third-order valence-electron chi connectivity index (χ3n) is 4.96. The molecule has 21 heavy (non-hydrogen) atoms. The summed E-state index contributed by atoms with van der Waals surface area (Å²) in [5.74, 6) is 1.44. The first-order valence-electron chi connectivity index (χ1n) is 8.03. The summed E-state index contributed by atoms with van der Waals surface area (Å²) in [6.07, 6.45) is 3.82. The number of nitrogens with two attached hydrogens (primary N) is 1. The largest absolute Gasteiger partial charge is 0.370 e. The highest BCUT2D eigenvalue weighted by Gasteiger charge is 2.36. The van der Waals surface area contributed by atoms with Gasteiger partial charge in [-0.1, -0.05) is 30.3 Å². The fraction of sp³-hybridized carbons (Fsp3) is 0.588. The van der Waals surface area contributed by atoms with Crippen LogP contribution in [0.3, 0.4) is 0 Å². The van der Waals surface area contributed by atoms with Crippen LogP contribution >= 0.6 is 0 Å². The highest BCUT2D eigenvalue weighted by molar-refractivity contribution is 5.78. The number of hydrogen-bond acceptors (Lipinski definition) is 2. The molecule has 4 heteroatoms. The summed E-state index contributed by atoms with van der Waals surface area (Å²) in [5.41, 5.74) is 7.42. The maximum atomic E-state index is 5.99. The molecule has 0 unspecified atom stereocenters. The summed E-state index contributed by atoms with van der Waals surface area (Å²) in [6.45, 7) is 4.42. The molecule has 2 heterocycles. The Bertz CT molecular complexity index is 485. The van der Waals surface area contributed by atoms with Crippen LogP contribution in [0.1, 0.15) is 24.8 Å². The van der Waals surface area contributed by atoms with E-state index in [1.807, 2.05) is 0 Å². The normalized spacial score (nSPS) is 27.5. The number of fused-ring (bicyclic) bond motifs is 1. The predicted molar refractivity (Wildman–Crippen MR) is 87.1 cm³/mol. The zero-order valence-corrected chi connectivity index (χ0v) is 12.9. The monoisotopic (exact) mass is 286 g/mol. The highest BCUT2D eigenvalue weighted by atomic mass is 15.3. The molecule has 0 amide bonds. The van der Waals surface area contributed by atoms with Crippen molar-refractivity contribution in [2.75, 3.05) is 26.7 Å². The Morgan fingerprint density at radius 2 is 2.05 bits per heavy atom. The Morgan fingerprint density at radius 3 is 2.81 bits per heavy atom. The Labute approximate surface area is 127 Å². The second kappa shape index (κ2) is 6.48. The number of piperidine rings is 2. The van der Waals surface area contributed by atoms with E-state index in [1.54, 1.807) is 7.05 Å². The van der Waals surface area contributed by atoms with E-state index >= 15 is 0 Å². The number of guanidine groups is 1. The van der Waals surface area contributed by atoms with Gasteiger partial charge in [0.2, 0.25) is 0 Å². The summed E-state index contributed by atoms with van der Waals surface area (Å²) < 4.78 is 0. The maximum Gasteiger partial charge on any atom is 0.190 e. The van der Waals surface area contributed by atoms with Crippen LogP contribution in [0.25, 0.3) is 0 Å². The summed E-state index contributed by atoms with van der Waals surface area (Å²) in [7, 11) is 1.78. The second-order valence-electron chi connectivity index (χ2n) is 6.24. The van der Waals surface area contributed by atoms with E-state index in [1.165, 1.54) is 31.4 Å². The molecule has 114 valence electrons. The van der Waals surface area contributed by atoms with E-state index in [-0.39, 0.29) is 0 Å². The zero-order chi connectivity index (χ0) is 14.7. The van der Waals surface area contributed by atoms with Gasteiger partial charge in [-0.3, -0.25) is 9.89 Å². The van der Waals surface area contributed by atoms with Gasteiger partial charge in [0.25, 0.3) is 0 Å². The van der Waals surface area contributed by atoms with Gasteiger partial charge in [0.15, 0.2) is 5.96 Å². The predicted octanol–water partition coefficient (Wildman–Crippen LogP) is 1.92. The minimum absolute atomic E-state index is 0.702. The standard InChI is InChI=1S/C17H26N4/c1-19-17(18)21-11-9-16-15(13-21)8-5-10-20(16)12-14-6-3-2-4-7-14/h2-4,6-7,15-16H,5,8-13H2,1H3,(H2,18,19)/t15-,16-/m1/s1. The second-order valence-corrected chi connectivity index (χ2v) is 6.24. The van der Waals surface area contributed by atoms with Crippen LogP contribution in [0.4, 0.5) is 0 Å². The van der Waals surface area contributed by atoms with Crippen molar-refractivity contribution in [1.29, 1.82) is 0 Å². The molecule has 2 aliphatic heterocycles. The molecule has 2 saturated heterocycles. The summed E-state index contributed by atoms with van der Waals surface area (Å²) >= 11 is 0. The number of likely N-dealkylation sites (tertiary alicyclic amines) is 2. The van der Waals surface area contributed by atoms with Gasteiger partial charge in [-0.05, 0) is 37.3 Å². The molecule has 3 rings (SSSR count). The first-order chi connectivity index (χ1) is 10.3. The summed E-state index contributed by atoms with van der Waals surface area (Å²) in [5, 5.41) is 0. The smallest absolute Gasteiger partial charge is 0.190 e. The summed E-state index contributed by atoms with van der Waals surface area (Å²) in [6, 6.07) is 11.5. The molecule has 1 aromatic rings. The van der Waals surface area contributed by atoms with Gasteiger partial charge < -0.3 is 10.6 Å². The van der Waals surface area contributed by atoms with Crippen molar-refractivity contribution in [3.63, 3.8) is 0 Å². The molecule has 0 aliphatic carbocycles. The lowest BCUT2D eigenvalue weighted by atomic mass is 9.83. The zero-order valence-electron chi connectivity index (χ0n) is 12.9. The van der Waals surface area contributed by atoms with Crippen LogP contribution < -0.4 is 5.73 Å². The Hall–Kier alpha value is -1.55. The average molecular weight is 286 g/mol. The van der Waals surface area contributed by atoms with Crippen molar-refractivity contribution in [3.05, 3.63) is 35.9 Å². The molecule has 1 aromatic carbocycles. The van der Waals surface area contributed by atoms with Crippen molar-refractivity contribution in [2.24, 2.45) is 16.6 Å². The number of rotatable bonds is 2. The van der Waals surface area contributed by atoms with Crippen LogP contribution in [0.2, 0.25) is 0 Å². The SMILES string of the molecule is CN=C(N)N1CC[C@@H]2[C@H](CCCN2Cc2ccccc2)C1. The van der Waals surface area contributed by atoms with Gasteiger partial charge in [-0.15, -0.1) is 0 Å². The average Bonchev–Trinajstić information content (AvgIpc) is 2.55. The van der Waals surface area contributed by atoms with E-state index in [9.17, 15) is 0 Å². The van der Waals surface area contributed by atoms with Gasteiger partial charge in [0.05, 0.1) is 0 Å². The van der Waals surface area contributed by atoms with E-state index < -0.39 is 0 Å². The van der Waals surface area contributed by atoms with Crippen molar-refractivity contribution in [2.45, 2.75) is 31.8 Å². The molecular formula is C17H26N4. The first-order valence-corrected chi connectivity index (χ1v) is 8.03. The number of nitrogens with zero attached hydrogens (tertiary/aromatic N) is 3. The van der Waals surface area contributed by atoms with Crippen LogP contribution in [-0.2, 0) is 6.54 Å². The third-order valence-corrected chi connectivity index (χ3v) is 4.96. The molecule has 4 nitrogen and oxygen atoms in total. The highest BCUT2D eigenvalue weighted by Crippen LogP contribution is 2.31. The number of hydrogen-bond donors (Lipinski definition) is 1. The van der Waals surface area contributed by atoms with Crippen LogP contribution in [0, 0.1) is 5.92 Å². The van der Waals surface area contributed by atoms with Crippen LogP contribution in [0.5, 0.6) is 0 Å². The van der Waals surface area contributed by atoms with Crippen molar-refractivity contribution < 1.29 is 0 Å². The Morgan fingerprint density at radius 1 is 1.24 bits per heavy atom. The molecule has 0 bridgehead atoms. The molecule has 0 spiro atoms. The molecule has 2 atom stereocenters. The van der Waals surface area contributed by atoms with Gasteiger partial charge in [0.1, 0.15) is 0 Å². The quantitative estimate of drug-likeness (QED) is 0.667. The molecule has 2 aliphatic rings. The van der Waals surface area contributed by atoms with Gasteiger partial charge >= 0.3 is 0 Å². The summed E-state index contributed by atoms with van der Waals surface area (Å²) in [4.78, 5) is 9.08. The Balaban J connectivity index is 1.66. The molecule has 2 fully saturated rings. The van der Waals surface area contributed by atoms with Gasteiger partial charge in [-0.25, -0.2) is 0 Å². The van der Waals surface area contributed by atoms with Gasteiger partial charge in [0, 0.05) is 32.7 Å². The van der Waals surface area contributed by atoms with E-state index in [2.05, 4.69) is 45.1 Å². The van der Waals surface area contributed by atoms with E-state index in [4.69, 9.17) is 5.73 Å². The molecule has 2 N–H and O–H groups in total. The van der Waals surface area contributed by atoms with E-state index in [0.29, 0.717) is 12.0 Å². The van der Waals surface area contributed by atoms with Crippen molar-refractivity contribution >= 4 is 5.96 Å². The number of benzene rings is 1. The van der Waals surface area contributed by atoms with Crippen molar-refractivity contribution in [1.82, 2.24) is 9.80 Å². The minimum atomic E-state index is 0.702. The Kier molecular flexibility index (Phi) is 4.44. The lowest BCUT2D eigenvalue weighted by Gasteiger charge is -2.47. The molecule has 0 radical (unpaired) electrons. The molecule has 0 saturated carbocycles. The fourth-order valence-corrected chi connectivity index (χ4v) is 3.87. The molecule has 0 aromatic heterocycles. The van der Waals surface area contributed by atoms with E-state index in [0.717, 1.165) is 25.6 Å². The first kappa shape index (κ1) is 14.4. The third kappa shape index (κ3) is 3.21.